The van der Waals surface area contributed by atoms with Gasteiger partial charge in [-0.25, -0.2) is 0 Å². The van der Waals surface area contributed by atoms with Gasteiger partial charge in [-0.15, -0.1) is 0 Å². The zero-order chi connectivity index (χ0) is 11.7. The monoisotopic (exact) mass is 207 g/mol. The molecule has 1 aromatic carbocycles. The Morgan fingerprint density at radius 1 is 1.20 bits per heavy atom. The SMILES string of the molecule is Cc1ccccc1C(O)(CN)C(C)(C)C. The quantitative estimate of drug-likeness (QED) is 0.781. The van der Waals surface area contributed by atoms with Gasteiger partial charge in [0.1, 0.15) is 5.60 Å². The molecule has 0 aromatic heterocycles. The van der Waals surface area contributed by atoms with Crippen LogP contribution in [0.15, 0.2) is 24.3 Å². The zero-order valence-corrected chi connectivity index (χ0v) is 10.0. The second-order valence-electron chi connectivity index (χ2n) is 5.13. The Morgan fingerprint density at radius 3 is 2.13 bits per heavy atom. The first-order valence-electron chi connectivity index (χ1n) is 5.31. The number of aryl methyl sites for hydroxylation is 1. The van der Waals surface area contributed by atoms with Crippen molar-refractivity contribution in [3.8, 4) is 0 Å². The summed E-state index contributed by atoms with van der Waals surface area (Å²) in [5.41, 5.74) is 6.53. The highest BCUT2D eigenvalue weighted by molar-refractivity contribution is 5.33. The van der Waals surface area contributed by atoms with E-state index in [1.165, 1.54) is 0 Å². The fourth-order valence-electron chi connectivity index (χ4n) is 1.86. The van der Waals surface area contributed by atoms with E-state index in [1.807, 2.05) is 52.0 Å². The van der Waals surface area contributed by atoms with E-state index in [4.69, 9.17) is 5.73 Å². The van der Waals surface area contributed by atoms with Gasteiger partial charge >= 0.3 is 0 Å². The molecule has 0 amide bonds. The maximum absolute atomic E-state index is 10.7. The van der Waals surface area contributed by atoms with E-state index in [-0.39, 0.29) is 12.0 Å². The van der Waals surface area contributed by atoms with Crippen LogP contribution in [0.3, 0.4) is 0 Å². The molecular formula is C13H21NO. The minimum atomic E-state index is -0.960. The molecule has 0 bridgehead atoms. The molecule has 0 aliphatic carbocycles. The number of hydrogen-bond donors (Lipinski definition) is 2. The summed E-state index contributed by atoms with van der Waals surface area (Å²) < 4.78 is 0. The van der Waals surface area contributed by atoms with E-state index in [1.54, 1.807) is 0 Å². The van der Waals surface area contributed by atoms with Gasteiger partial charge in [0.05, 0.1) is 0 Å². The largest absolute Gasteiger partial charge is 0.383 e. The van der Waals surface area contributed by atoms with Gasteiger partial charge in [0.15, 0.2) is 0 Å². The van der Waals surface area contributed by atoms with Crippen molar-refractivity contribution in [2.75, 3.05) is 6.54 Å². The van der Waals surface area contributed by atoms with Crippen molar-refractivity contribution in [2.45, 2.75) is 33.3 Å². The Balaban J connectivity index is 3.30. The molecule has 15 heavy (non-hydrogen) atoms. The molecule has 1 aromatic rings. The fraction of sp³-hybridized carbons (Fsp3) is 0.538. The summed E-state index contributed by atoms with van der Waals surface area (Å²) in [5.74, 6) is 0. The molecule has 2 nitrogen and oxygen atoms in total. The molecule has 1 rings (SSSR count). The summed E-state index contributed by atoms with van der Waals surface area (Å²) in [6.45, 7) is 8.26. The second kappa shape index (κ2) is 3.95. The van der Waals surface area contributed by atoms with Crippen molar-refractivity contribution in [1.82, 2.24) is 0 Å². The average molecular weight is 207 g/mol. The third-order valence-corrected chi connectivity index (χ3v) is 3.13. The van der Waals surface area contributed by atoms with Crippen LogP contribution >= 0.6 is 0 Å². The minimum absolute atomic E-state index is 0.237. The summed E-state index contributed by atoms with van der Waals surface area (Å²) in [5, 5.41) is 10.7. The molecule has 1 atom stereocenters. The lowest BCUT2D eigenvalue weighted by Gasteiger charge is -2.40. The van der Waals surface area contributed by atoms with Crippen LogP contribution in [0, 0.1) is 12.3 Å². The molecule has 0 saturated heterocycles. The van der Waals surface area contributed by atoms with E-state index in [2.05, 4.69) is 0 Å². The molecule has 0 heterocycles. The predicted molar refractivity (Wildman–Crippen MR) is 63.6 cm³/mol. The van der Waals surface area contributed by atoms with Crippen LogP contribution < -0.4 is 5.73 Å². The fourth-order valence-corrected chi connectivity index (χ4v) is 1.86. The first kappa shape index (κ1) is 12.2. The number of benzene rings is 1. The summed E-state index contributed by atoms with van der Waals surface area (Å²) in [7, 11) is 0. The van der Waals surface area contributed by atoms with Crippen LogP contribution in [-0.2, 0) is 5.60 Å². The van der Waals surface area contributed by atoms with E-state index >= 15 is 0 Å². The molecular weight excluding hydrogens is 186 g/mol. The Kier molecular flexibility index (Phi) is 3.22. The molecule has 1 unspecified atom stereocenters. The molecule has 3 N–H and O–H groups in total. The molecule has 0 aliphatic rings. The summed E-state index contributed by atoms with van der Waals surface area (Å²) in [4.78, 5) is 0. The Hall–Kier alpha value is -0.860. The molecule has 2 heteroatoms. The highest BCUT2D eigenvalue weighted by Crippen LogP contribution is 2.39. The summed E-state index contributed by atoms with van der Waals surface area (Å²) in [6, 6.07) is 7.86. The van der Waals surface area contributed by atoms with Crippen LogP contribution in [0.1, 0.15) is 31.9 Å². The van der Waals surface area contributed by atoms with Crippen molar-refractivity contribution in [3.05, 3.63) is 35.4 Å². The maximum atomic E-state index is 10.7. The lowest BCUT2D eigenvalue weighted by molar-refractivity contribution is -0.0562. The smallest absolute Gasteiger partial charge is 0.107 e. The average Bonchev–Trinajstić information content (AvgIpc) is 2.15. The van der Waals surface area contributed by atoms with E-state index in [0.29, 0.717) is 0 Å². The van der Waals surface area contributed by atoms with Crippen LogP contribution in [0.5, 0.6) is 0 Å². The summed E-state index contributed by atoms with van der Waals surface area (Å²) in [6.07, 6.45) is 0. The Morgan fingerprint density at radius 2 is 1.73 bits per heavy atom. The van der Waals surface area contributed by atoms with E-state index < -0.39 is 5.60 Å². The molecule has 0 radical (unpaired) electrons. The highest BCUT2D eigenvalue weighted by atomic mass is 16.3. The van der Waals surface area contributed by atoms with Crippen LogP contribution in [0.25, 0.3) is 0 Å². The summed E-state index contributed by atoms with van der Waals surface area (Å²) >= 11 is 0. The van der Waals surface area contributed by atoms with Gasteiger partial charge in [0, 0.05) is 6.54 Å². The van der Waals surface area contributed by atoms with E-state index in [0.717, 1.165) is 11.1 Å². The zero-order valence-electron chi connectivity index (χ0n) is 10.0. The number of aliphatic hydroxyl groups is 1. The second-order valence-corrected chi connectivity index (χ2v) is 5.13. The molecule has 0 aliphatic heterocycles. The van der Waals surface area contributed by atoms with Gasteiger partial charge in [-0.2, -0.15) is 0 Å². The Bertz CT molecular complexity index is 341. The van der Waals surface area contributed by atoms with Crippen molar-refractivity contribution >= 4 is 0 Å². The van der Waals surface area contributed by atoms with Crippen LogP contribution in [0.2, 0.25) is 0 Å². The van der Waals surface area contributed by atoms with E-state index in [9.17, 15) is 5.11 Å². The number of hydrogen-bond acceptors (Lipinski definition) is 2. The van der Waals surface area contributed by atoms with Crippen molar-refractivity contribution in [2.24, 2.45) is 11.1 Å². The number of rotatable bonds is 2. The molecule has 0 spiro atoms. The van der Waals surface area contributed by atoms with Crippen LogP contribution in [0.4, 0.5) is 0 Å². The van der Waals surface area contributed by atoms with Crippen LogP contribution in [-0.4, -0.2) is 11.7 Å². The molecule has 0 saturated carbocycles. The Labute approximate surface area is 92.1 Å². The highest BCUT2D eigenvalue weighted by Gasteiger charge is 2.41. The van der Waals surface area contributed by atoms with Crippen molar-refractivity contribution in [1.29, 1.82) is 0 Å². The molecule has 84 valence electrons. The standard InChI is InChI=1S/C13H21NO/c1-10-7-5-6-8-11(10)13(15,9-14)12(2,3)4/h5-8,15H,9,14H2,1-4H3. The lowest BCUT2D eigenvalue weighted by Crippen LogP contribution is -2.46. The lowest BCUT2D eigenvalue weighted by atomic mass is 9.71. The number of nitrogens with two attached hydrogens (primary N) is 1. The van der Waals surface area contributed by atoms with Crippen molar-refractivity contribution in [3.63, 3.8) is 0 Å². The first-order chi connectivity index (χ1) is 6.83. The van der Waals surface area contributed by atoms with Gasteiger partial charge in [-0.1, -0.05) is 45.0 Å². The normalized spacial score (nSPS) is 16.1. The van der Waals surface area contributed by atoms with Gasteiger partial charge in [-0.05, 0) is 23.5 Å². The third kappa shape index (κ3) is 2.06. The maximum Gasteiger partial charge on any atom is 0.107 e. The van der Waals surface area contributed by atoms with Gasteiger partial charge in [-0.3, -0.25) is 0 Å². The van der Waals surface area contributed by atoms with Crippen molar-refractivity contribution < 1.29 is 5.11 Å². The first-order valence-corrected chi connectivity index (χ1v) is 5.31. The van der Waals surface area contributed by atoms with Gasteiger partial charge in [0.2, 0.25) is 0 Å². The third-order valence-electron chi connectivity index (χ3n) is 3.13. The molecule has 0 fully saturated rings. The predicted octanol–water partition coefficient (Wildman–Crippen LogP) is 2.19. The van der Waals surface area contributed by atoms with Gasteiger partial charge < -0.3 is 10.8 Å². The minimum Gasteiger partial charge on any atom is -0.383 e. The topological polar surface area (TPSA) is 46.2 Å². The van der Waals surface area contributed by atoms with Gasteiger partial charge in [0.25, 0.3) is 0 Å².